The van der Waals surface area contributed by atoms with Gasteiger partial charge in [-0.05, 0) is 23.6 Å². The van der Waals surface area contributed by atoms with E-state index in [2.05, 4.69) is 0 Å². The molecule has 98 valence electrons. The van der Waals surface area contributed by atoms with Crippen molar-refractivity contribution in [2.24, 2.45) is 0 Å². The molecule has 1 N–H and O–H groups in total. The number of carboxylic acids is 1. The standard InChI is InChI=1S/C14H12O4S/c15-13(16)11-5-1-2-6-12(11)14(17)18-8-7-10-4-3-9-19-10/h1-6,9H,7-8H2,(H,15,16). The Bertz CT molecular complexity index is 575. The molecule has 0 aliphatic heterocycles. The largest absolute Gasteiger partial charge is 0.478 e. The van der Waals surface area contributed by atoms with Crippen molar-refractivity contribution in [3.63, 3.8) is 0 Å². The van der Waals surface area contributed by atoms with Gasteiger partial charge < -0.3 is 9.84 Å². The Morgan fingerprint density at radius 2 is 1.84 bits per heavy atom. The third-order valence-corrected chi connectivity index (χ3v) is 3.48. The van der Waals surface area contributed by atoms with Gasteiger partial charge in [-0.15, -0.1) is 11.3 Å². The van der Waals surface area contributed by atoms with Crippen LogP contribution in [-0.4, -0.2) is 23.7 Å². The number of hydrogen-bond acceptors (Lipinski definition) is 4. The molecular formula is C14H12O4S. The summed E-state index contributed by atoms with van der Waals surface area (Å²) in [6.07, 6.45) is 0.638. The molecule has 19 heavy (non-hydrogen) atoms. The van der Waals surface area contributed by atoms with Gasteiger partial charge in [-0.1, -0.05) is 18.2 Å². The van der Waals surface area contributed by atoms with Crippen molar-refractivity contribution in [1.82, 2.24) is 0 Å². The number of carbonyl (C=O) groups excluding carboxylic acids is 1. The Hall–Kier alpha value is -2.14. The predicted octanol–water partition coefficient (Wildman–Crippen LogP) is 2.85. The van der Waals surface area contributed by atoms with Crippen molar-refractivity contribution in [3.8, 4) is 0 Å². The van der Waals surface area contributed by atoms with E-state index in [1.54, 1.807) is 23.5 Å². The van der Waals surface area contributed by atoms with Gasteiger partial charge in [0.1, 0.15) is 0 Å². The zero-order valence-electron chi connectivity index (χ0n) is 10.0. The first-order valence-corrected chi connectivity index (χ1v) is 6.58. The van der Waals surface area contributed by atoms with Crippen LogP contribution in [0.3, 0.4) is 0 Å². The van der Waals surface area contributed by atoms with E-state index in [4.69, 9.17) is 9.84 Å². The zero-order chi connectivity index (χ0) is 13.7. The molecule has 0 fully saturated rings. The smallest absolute Gasteiger partial charge is 0.339 e. The first kappa shape index (κ1) is 13.3. The number of carbonyl (C=O) groups is 2. The third-order valence-electron chi connectivity index (χ3n) is 2.54. The number of carboxylic acid groups (broad SMARTS) is 1. The molecule has 1 aromatic carbocycles. The van der Waals surface area contributed by atoms with Gasteiger partial charge >= 0.3 is 11.9 Å². The highest BCUT2D eigenvalue weighted by atomic mass is 32.1. The maximum Gasteiger partial charge on any atom is 0.339 e. The van der Waals surface area contributed by atoms with Crippen LogP contribution in [0.2, 0.25) is 0 Å². The molecule has 1 aromatic heterocycles. The second-order valence-electron chi connectivity index (χ2n) is 3.82. The Morgan fingerprint density at radius 1 is 1.11 bits per heavy atom. The summed E-state index contributed by atoms with van der Waals surface area (Å²) in [5.74, 6) is -1.74. The highest BCUT2D eigenvalue weighted by Crippen LogP contribution is 2.12. The number of esters is 1. The highest BCUT2D eigenvalue weighted by molar-refractivity contribution is 7.09. The molecule has 2 aromatic rings. The van der Waals surface area contributed by atoms with E-state index in [0.29, 0.717) is 6.42 Å². The van der Waals surface area contributed by atoms with Crippen LogP contribution in [0.1, 0.15) is 25.6 Å². The number of benzene rings is 1. The quantitative estimate of drug-likeness (QED) is 0.853. The molecular weight excluding hydrogens is 264 g/mol. The SMILES string of the molecule is O=C(O)c1ccccc1C(=O)OCCc1cccs1. The minimum atomic E-state index is -1.13. The van der Waals surface area contributed by atoms with E-state index in [0.717, 1.165) is 4.88 Å². The lowest BCUT2D eigenvalue weighted by Gasteiger charge is -2.06. The lowest BCUT2D eigenvalue weighted by molar-refractivity contribution is 0.0499. The van der Waals surface area contributed by atoms with Crippen LogP contribution in [0.15, 0.2) is 41.8 Å². The second-order valence-corrected chi connectivity index (χ2v) is 4.85. The summed E-state index contributed by atoms with van der Waals surface area (Å²) in [7, 11) is 0. The van der Waals surface area contributed by atoms with E-state index in [1.807, 2.05) is 17.5 Å². The first-order valence-electron chi connectivity index (χ1n) is 5.70. The maximum atomic E-state index is 11.8. The Labute approximate surface area is 114 Å². The molecule has 2 rings (SSSR count). The van der Waals surface area contributed by atoms with Crippen LogP contribution in [0.5, 0.6) is 0 Å². The lowest BCUT2D eigenvalue weighted by atomic mass is 10.1. The van der Waals surface area contributed by atoms with Gasteiger partial charge in [0, 0.05) is 11.3 Å². The Kier molecular flexibility index (Phi) is 4.30. The second kappa shape index (κ2) is 6.15. The topological polar surface area (TPSA) is 63.6 Å². The predicted molar refractivity (Wildman–Crippen MR) is 71.7 cm³/mol. The molecule has 0 amide bonds. The average Bonchev–Trinajstić information content (AvgIpc) is 2.91. The monoisotopic (exact) mass is 276 g/mol. The Balaban J connectivity index is 1.98. The van der Waals surface area contributed by atoms with Crippen LogP contribution >= 0.6 is 11.3 Å². The van der Waals surface area contributed by atoms with Crippen molar-refractivity contribution in [2.45, 2.75) is 6.42 Å². The van der Waals surface area contributed by atoms with E-state index in [-0.39, 0.29) is 17.7 Å². The van der Waals surface area contributed by atoms with Crippen molar-refractivity contribution in [3.05, 3.63) is 57.8 Å². The fourth-order valence-electron chi connectivity index (χ4n) is 1.62. The molecule has 4 nitrogen and oxygen atoms in total. The molecule has 5 heteroatoms. The molecule has 0 saturated heterocycles. The van der Waals surface area contributed by atoms with E-state index in [1.165, 1.54) is 12.1 Å². The van der Waals surface area contributed by atoms with Crippen molar-refractivity contribution in [2.75, 3.05) is 6.61 Å². The average molecular weight is 276 g/mol. The van der Waals surface area contributed by atoms with Crippen LogP contribution < -0.4 is 0 Å². The molecule has 0 atom stereocenters. The number of hydrogen-bond donors (Lipinski definition) is 1. The summed E-state index contributed by atoms with van der Waals surface area (Å²) in [5.41, 5.74) is 0.0461. The van der Waals surface area contributed by atoms with Crippen LogP contribution in [0, 0.1) is 0 Å². The van der Waals surface area contributed by atoms with Crippen LogP contribution in [0.4, 0.5) is 0 Å². The molecule has 0 bridgehead atoms. The number of ether oxygens (including phenoxy) is 1. The minimum Gasteiger partial charge on any atom is -0.478 e. The maximum absolute atomic E-state index is 11.8. The molecule has 0 saturated carbocycles. The highest BCUT2D eigenvalue weighted by Gasteiger charge is 2.16. The lowest BCUT2D eigenvalue weighted by Crippen LogP contribution is -2.12. The van der Waals surface area contributed by atoms with Crippen LogP contribution in [-0.2, 0) is 11.2 Å². The van der Waals surface area contributed by atoms with Crippen LogP contribution in [0.25, 0.3) is 0 Å². The summed E-state index contributed by atoms with van der Waals surface area (Å²) < 4.78 is 5.10. The fraction of sp³-hybridized carbons (Fsp3) is 0.143. The summed E-state index contributed by atoms with van der Waals surface area (Å²) in [6.45, 7) is 0.243. The molecule has 0 spiro atoms. The molecule has 0 radical (unpaired) electrons. The normalized spacial score (nSPS) is 10.1. The Morgan fingerprint density at radius 3 is 2.47 bits per heavy atom. The minimum absolute atomic E-state index is 0.0383. The summed E-state index contributed by atoms with van der Waals surface area (Å²) in [5, 5.41) is 10.9. The molecule has 0 unspecified atom stereocenters. The summed E-state index contributed by atoms with van der Waals surface area (Å²) in [4.78, 5) is 23.9. The molecule has 0 aliphatic carbocycles. The van der Waals surface area contributed by atoms with Gasteiger partial charge in [0.2, 0.25) is 0 Å². The van der Waals surface area contributed by atoms with E-state index in [9.17, 15) is 9.59 Å². The van der Waals surface area contributed by atoms with E-state index < -0.39 is 11.9 Å². The fourth-order valence-corrected chi connectivity index (χ4v) is 2.31. The van der Waals surface area contributed by atoms with Gasteiger partial charge in [0.15, 0.2) is 0 Å². The van der Waals surface area contributed by atoms with Gasteiger partial charge in [0.25, 0.3) is 0 Å². The third kappa shape index (κ3) is 3.42. The number of aromatic carboxylic acids is 1. The number of thiophene rings is 1. The zero-order valence-corrected chi connectivity index (χ0v) is 10.9. The summed E-state index contributed by atoms with van der Waals surface area (Å²) >= 11 is 1.59. The van der Waals surface area contributed by atoms with Gasteiger partial charge in [0.05, 0.1) is 17.7 Å². The molecule has 1 heterocycles. The van der Waals surface area contributed by atoms with Gasteiger partial charge in [-0.3, -0.25) is 0 Å². The number of rotatable bonds is 5. The van der Waals surface area contributed by atoms with Crippen molar-refractivity contribution in [1.29, 1.82) is 0 Å². The van der Waals surface area contributed by atoms with Gasteiger partial charge in [-0.25, -0.2) is 9.59 Å². The first-order chi connectivity index (χ1) is 9.18. The van der Waals surface area contributed by atoms with Crippen molar-refractivity contribution >= 4 is 23.3 Å². The summed E-state index contributed by atoms with van der Waals surface area (Å²) in [6, 6.07) is 9.93. The van der Waals surface area contributed by atoms with E-state index >= 15 is 0 Å². The molecule has 0 aliphatic rings. The van der Waals surface area contributed by atoms with Gasteiger partial charge in [-0.2, -0.15) is 0 Å². The van der Waals surface area contributed by atoms with Crippen molar-refractivity contribution < 1.29 is 19.4 Å².